The number of likely N-dealkylation sites (tertiary alicyclic amines) is 1. The van der Waals surface area contributed by atoms with Crippen LogP contribution < -0.4 is 5.69 Å². The maximum Gasteiger partial charge on any atom is 0.351 e. The number of carbonyl (C=O) groups excluding carboxylic acids is 1. The number of hydrogen-bond donors (Lipinski definition) is 1. The number of rotatable bonds is 10. The predicted octanol–water partition coefficient (Wildman–Crippen LogP) is 4.21. The molecule has 1 N–H and O–H groups in total. The van der Waals surface area contributed by atoms with Crippen LogP contribution in [0.25, 0.3) is 0 Å². The van der Waals surface area contributed by atoms with E-state index in [9.17, 15) is 9.59 Å². The van der Waals surface area contributed by atoms with Crippen molar-refractivity contribution in [3.8, 4) is 0 Å². The fourth-order valence-electron chi connectivity index (χ4n) is 4.80. The zero-order valence-electron chi connectivity index (χ0n) is 25.6. The van der Waals surface area contributed by atoms with Gasteiger partial charge in [0.2, 0.25) is 6.55 Å². The number of aliphatic hydroxyl groups is 1. The van der Waals surface area contributed by atoms with Gasteiger partial charge in [0.25, 0.3) is 8.53 Å². The highest BCUT2D eigenvalue weighted by Gasteiger charge is 2.38. The van der Waals surface area contributed by atoms with Crippen LogP contribution in [-0.2, 0) is 13.8 Å². The van der Waals surface area contributed by atoms with Crippen molar-refractivity contribution in [2.45, 2.75) is 57.4 Å². The molecule has 0 spiro atoms. The molecule has 0 aliphatic carbocycles. The average Bonchev–Trinajstić information content (AvgIpc) is 3.78. The number of hydrogen-bond acceptors (Lipinski definition) is 10. The van der Waals surface area contributed by atoms with Gasteiger partial charge in [-0.25, -0.2) is 14.5 Å². The molecule has 11 nitrogen and oxygen atoms in total. The Morgan fingerprint density at radius 2 is 2.07 bits per heavy atom. The summed E-state index contributed by atoms with van der Waals surface area (Å²) in [7, 11) is 1.90. The summed E-state index contributed by atoms with van der Waals surface area (Å²) in [6, 6.07) is 10.9. The second kappa shape index (κ2) is 15.9. The van der Waals surface area contributed by atoms with Crippen molar-refractivity contribution in [1.29, 1.82) is 1.43 Å². The van der Waals surface area contributed by atoms with Gasteiger partial charge in [-0.3, -0.25) is 9.36 Å². The van der Waals surface area contributed by atoms with E-state index in [1.165, 1.54) is 23.4 Å². The minimum absolute atomic E-state index is 0.00597. The Morgan fingerprint density at radius 3 is 2.76 bits per heavy atom. The summed E-state index contributed by atoms with van der Waals surface area (Å²) >= 11 is 1.23. The summed E-state index contributed by atoms with van der Waals surface area (Å²) in [5.74, 6) is 1.84. The maximum atomic E-state index is 12.9. The second-order valence-corrected chi connectivity index (χ2v) is 12.3. The Bertz CT molecular complexity index is 1260. The molecule has 0 radical (unpaired) electrons. The lowest BCUT2D eigenvalue weighted by molar-refractivity contribution is -0.00787. The van der Waals surface area contributed by atoms with E-state index >= 15 is 0 Å². The number of benzene rings is 1. The molecule has 1 aromatic carbocycles. The van der Waals surface area contributed by atoms with Gasteiger partial charge in [-0.1, -0.05) is 42.1 Å². The smallest absolute Gasteiger partial charge is 0.351 e. The minimum Gasteiger partial charge on any atom is -0.400 e. The number of thioether (sulfide) groups is 1. The highest BCUT2D eigenvalue weighted by molar-refractivity contribution is 8.14. The van der Waals surface area contributed by atoms with Crippen LogP contribution in [0.3, 0.4) is 0 Å². The Morgan fingerprint density at radius 1 is 1.29 bits per heavy atom. The number of ether oxygens (including phenoxy) is 1. The van der Waals surface area contributed by atoms with Crippen LogP contribution in [0, 0.1) is 0 Å². The van der Waals surface area contributed by atoms with Gasteiger partial charge in [0.1, 0.15) is 12.1 Å². The molecule has 224 valence electrons. The van der Waals surface area contributed by atoms with E-state index in [1.54, 1.807) is 12.3 Å². The van der Waals surface area contributed by atoms with Crippen LogP contribution in [0.5, 0.6) is 0 Å². The molecule has 0 saturated carbocycles. The molecule has 0 bridgehead atoms. The van der Waals surface area contributed by atoms with Crippen LogP contribution in [0.15, 0.2) is 52.4 Å². The van der Waals surface area contributed by atoms with Gasteiger partial charge >= 0.3 is 5.69 Å². The molecule has 3 aliphatic rings. The normalized spacial score (nSPS) is 25.1. The van der Waals surface area contributed by atoms with E-state index in [4.69, 9.17) is 16.6 Å². The summed E-state index contributed by atoms with van der Waals surface area (Å²) in [6.45, 7) is 3.10. The minimum atomic E-state index is -1.38. The van der Waals surface area contributed by atoms with E-state index in [0.29, 0.717) is 30.2 Å². The number of aliphatic hydroxyl groups excluding tert-OH is 1. The lowest BCUT2D eigenvalue weighted by atomic mass is 10.2. The van der Waals surface area contributed by atoms with Gasteiger partial charge in [0, 0.05) is 65.5 Å². The molecule has 0 amide bonds. The number of aliphatic imine (C=N–C) groups is 1. The standard InChI is InChI=1S/C27H36N5O5PS.CH4O/c1-20-22(19-25(36-20)32-16-12-23(29-27(32)34)28-24-11-8-13-30(24)2)37-38(31-14-6-7-15-31)35-17-18-39-26(33)21-9-4-3-5-10-21;1-2/h3-5,9-10,12,16,20,22,25H,6-8,11,13-15,17-19H2,1-2H3;2H,1H3/t20-,22?,25-,38?;/m1./s1/i1D;2T. The first-order valence-electron chi connectivity index (χ1n) is 14.9. The first-order chi connectivity index (χ1) is 20.9. The molecule has 5 rings (SSSR count). The Kier molecular flexibility index (Phi) is 11.2. The summed E-state index contributed by atoms with van der Waals surface area (Å²) < 4.78 is 36.2. The Labute approximate surface area is 249 Å². The molecule has 1 aromatic heterocycles. The zero-order valence-corrected chi connectivity index (χ0v) is 25.3. The van der Waals surface area contributed by atoms with Crippen molar-refractivity contribution < 1.29 is 25.1 Å². The molecule has 2 unspecified atom stereocenters. The van der Waals surface area contributed by atoms with E-state index < -0.39 is 32.7 Å². The van der Waals surface area contributed by atoms with Crippen LogP contribution in [-0.4, -0.2) is 95.0 Å². The number of carbonyl (C=O) groups is 1. The monoisotopic (exact) mass is 608 g/mol. The Hall–Kier alpha value is -2.18. The third-order valence-corrected chi connectivity index (χ3v) is 9.54. The van der Waals surface area contributed by atoms with Gasteiger partial charge < -0.3 is 23.8 Å². The highest BCUT2D eigenvalue weighted by Crippen LogP contribution is 2.49. The highest BCUT2D eigenvalue weighted by atomic mass is 32.2. The molecule has 3 fully saturated rings. The molecular weight excluding hydrogens is 565 g/mol. The second-order valence-electron chi connectivity index (χ2n) is 9.77. The van der Waals surface area contributed by atoms with Crippen LogP contribution in [0.2, 0.25) is 0 Å². The average molecular weight is 609 g/mol. The lowest BCUT2D eigenvalue weighted by Gasteiger charge is -2.28. The van der Waals surface area contributed by atoms with Gasteiger partial charge in [0.15, 0.2) is 5.82 Å². The van der Waals surface area contributed by atoms with Crippen molar-refractivity contribution in [3.05, 3.63) is 58.6 Å². The number of nitrogens with zero attached hydrogens (tertiary/aromatic N) is 5. The largest absolute Gasteiger partial charge is 0.400 e. The van der Waals surface area contributed by atoms with Crippen molar-refractivity contribution in [2.75, 3.05) is 46.2 Å². The van der Waals surface area contributed by atoms with Crippen molar-refractivity contribution in [2.24, 2.45) is 4.99 Å². The first kappa shape index (κ1) is 28.9. The Balaban J connectivity index is 0.00000135. The fourth-order valence-corrected chi connectivity index (χ4v) is 7.25. The van der Waals surface area contributed by atoms with Gasteiger partial charge in [0.05, 0.1) is 18.8 Å². The topological polar surface area (TPSA) is 119 Å². The van der Waals surface area contributed by atoms with Crippen molar-refractivity contribution in [1.82, 2.24) is 19.1 Å². The van der Waals surface area contributed by atoms with Crippen LogP contribution >= 0.6 is 20.3 Å². The van der Waals surface area contributed by atoms with E-state index in [0.717, 1.165) is 51.2 Å². The van der Waals surface area contributed by atoms with Gasteiger partial charge in [-0.2, -0.15) is 4.98 Å². The third-order valence-electron chi connectivity index (χ3n) is 6.95. The summed E-state index contributed by atoms with van der Waals surface area (Å²) in [5, 5.41) is 3.52. The van der Waals surface area contributed by atoms with E-state index in [1.807, 2.05) is 37.4 Å². The third kappa shape index (κ3) is 8.67. The zero-order chi connectivity index (χ0) is 30.6. The predicted molar refractivity (Wildman–Crippen MR) is 162 cm³/mol. The molecule has 3 saturated heterocycles. The van der Waals surface area contributed by atoms with Crippen LogP contribution in [0.1, 0.15) is 57.0 Å². The number of amidine groups is 1. The fraction of sp³-hybridized carbons (Fsp3) is 0.571. The van der Waals surface area contributed by atoms with E-state index in [-0.39, 0.29) is 12.0 Å². The SMILES string of the molecule is [2H]C[C@H]1O[C@@H](n2ccc(N=C3CCCN3C)nc2=O)CC1OP(OCCSC(=O)c1ccccc1)N1CCCC1.[3H]OC. The quantitative estimate of drug-likeness (QED) is 0.310. The lowest BCUT2D eigenvalue weighted by Crippen LogP contribution is -2.26. The van der Waals surface area contributed by atoms with Crippen molar-refractivity contribution in [3.63, 3.8) is 0 Å². The van der Waals surface area contributed by atoms with Crippen molar-refractivity contribution >= 4 is 37.1 Å². The molecule has 4 heterocycles. The summed E-state index contributed by atoms with van der Waals surface area (Å²) in [4.78, 5) is 36.1. The van der Waals surface area contributed by atoms with Crippen LogP contribution in [0.4, 0.5) is 5.82 Å². The molecule has 4 atom stereocenters. The summed E-state index contributed by atoms with van der Waals surface area (Å²) in [5.41, 5.74) is 0.240. The molecular formula is C28H40N5O6PS. The molecule has 2 aromatic rings. The van der Waals surface area contributed by atoms with Gasteiger partial charge in [-0.15, -0.1) is 0 Å². The maximum absolute atomic E-state index is 12.9. The van der Waals surface area contributed by atoms with E-state index in [2.05, 4.69) is 24.7 Å². The molecule has 41 heavy (non-hydrogen) atoms. The summed E-state index contributed by atoms with van der Waals surface area (Å²) in [6.07, 6.45) is 4.69. The molecule has 13 heteroatoms. The van der Waals surface area contributed by atoms with Gasteiger partial charge in [-0.05, 0) is 32.2 Å². The number of aromatic nitrogens is 2. The first-order valence-corrected chi connectivity index (χ1v) is 15.9. The molecule has 3 aliphatic heterocycles.